The molecule has 0 aliphatic carbocycles. The minimum absolute atomic E-state index is 0.0510. The Morgan fingerprint density at radius 2 is 2.22 bits per heavy atom. The zero-order valence-corrected chi connectivity index (χ0v) is 9.94. The molecule has 0 aromatic carbocycles. The van der Waals surface area contributed by atoms with Crippen molar-refractivity contribution in [2.75, 3.05) is 13.7 Å². The first-order valence-corrected chi connectivity index (χ1v) is 5.40. The fraction of sp³-hybridized carbons (Fsp3) is 0.250. The minimum atomic E-state index is -0.143. The number of hydrogen-bond acceptors (Lipinski definition) is 5. The third kappa shape index (κ3) is 3.31. The second kappa shape index (κ2) is 5.81. The molecule has 6 heteroatoms. The van der Waals surface area contributed by atoms with Crippen molar-refractivity contribution in [3.63, 3.8) is 0 Å². The van der Waals surface area contributed by atoms with Crippen molar-refractivity contribution >= 4 is 5.91 Å². The number of likely N-dealkylation sites (N-methyl/N-ethyl adjacent to an activating group) is 1. The van der Waals surface area contributed by atoms with E-state index < -0.39 is 0 Å². The van der Waals surface area contributed by atoms with Crippen LogP contribution in [-0.2, 0) is 11.3 Å². The van der Waals surface area contributed by atoms with E-state index in [1.54, 1.807) is 19.4 Å². The van der Waals surface area contributed by atoms with Crippen LogP contribution in [0.15, 0.2) is 41.5 Å². The van der Waals surface area contributed by atoms with Crippen LogP contribution in [0.3, 0.4) is 0 Å². The van der Waals surface area contributed by atoms with Gasteiger partial charge < -0.3 is 14.1 Å². The number of ether oxygens (including phenoxy) is 1. The van der Waals surface area contributed by atoms with E-state index >= 15 is 0 Å². The highest BCUT2D eigenvalue weighted by Crippen LogP contribution is 2.06. The Kier molecular flexibility index (Phi) is 3.90. The molecule has 0 spiro atoms. The van der Waals surface area contributed by atoms with Gasteiger partial charge in [-0.1, -0.05) is 0 Å². The van der Waals surface area contributed by atoms with Crippen molar-refractivity contribution in [3.8, 4) is 5.75 Å². The Morgan fingerprint density at radius 1 is 1.44 bits per heavy atom. The van der Waals surface area contributed by atoms with Crippen LogP contribution in [0.1, 0.15) is 5.76 Å². The van der Waals surface area contributed by atoms with Crippen LogP contribution in [0.5, 0.6) is 5.75 Å². The van der Waals surface area contributed by atoms with Gasteiger partial charge in [0.15, 0.2) is 12.4 Å². The normalized spacial score (nSPS) is 10.1. The first-order valence-electron chi connectivity index (χ1n) is 5.40. The Morgan fingerprint density at radius 3 is 2.89 bits per heavy atom. The van der Waals surface area contributed by atoms with E-state index in [0.717, 1.165) is 5.76 Å². The highest BCUT2D eigenvalue weighted by Gasteiger charge is 2.11. The van der Waals surface area contributed by atoms with Crippen LogP contribution < -0.4 is 4.74 Å². The molecule has 0 unspecified atom stereocenters. The van der Waals surface area contributed by atoms with Crippen molar-refractivity contribution in [1.82, 2.24) is 14.9 Å². The molecular weight excluding hydrogens is 234 g/mol. The fourth-order valence-corrected chi connectivity index (χ4v) is 1.34. The Balaban J connectivity index is 1.81. The monoisotopic (exact) mass is 247 g/mol. The van der Waals surface area contributed by atoms with E-state index in [-0.39, 0.29) is 12.5 Å². The second-order valence-corrected chi connectivity index (χ2v) is 3.69. The lowest BCUT2D eigenvalue weighted by Crippen LogP contribution is -2.30. The molecule has 0 bridgehead atoms. The maximum Gasteiger partial charge on any atom is 0.260 e. The molecular formula is C12H13N3O3. The summed E-state index contributed by atoms with van der Waals surface area (Å²) in [4.78, 5) is 20.9. The molecule has 0 saturated heterocycles. The lowest BCUT2D eigenvalue weighted by molar-refractivity contribution is -0.132. The number of carbonyl (C=O) groups is 1. The lowest BCUT2D eigenvalue weighted by Gasteiger charge is -2.15. The van der Waals surface area contributed by atoms with Crippen molar-refractivity contribution < 1.29 is 13.9 Å². The molecule has 0 N–H and O–H groups in total. The van der Waals surface area contributed by atoms with Gasteiger partial charge in [0.25, 0.3) is 5.91 Å². The van der Waals surface area contributed by atoms with Gasteiger partial charge in [-0.15, -0.1) is 0 Å². The smallest absolute Gasteiger partial charge is 0.260 e. The number of carbonyl (C=O) groups excluding carboxylic acids is 1. The van der Waals surface area contributed by atoms with Gasteiger partial charge in [-0.05, 0) is 12.1 Å². The molecule has 2 aromatic heterocycles. The van der Waals surface area contributed by atoms with Gasteiger partial charge in [-0.3, -0.25) is 4.79 Å². The summed E-state index contributed by atoms with van der Waals surface area (Å²) in [5.74, 6) is 1.06. The van der Waals surface area contributed by atoms with Gasteiger partial charge in [0.05, 0.1) is 25.2 Å². The summed E-state index contributed by atoms with van der Waals surface area (Å²) >= 11 is 0. The molecule has 0 saturated carbocycles. The summed E-state index contributed by atoms with van der Waals surface area (Å²) in [6.07, 6.45) is 5.99. The summed E-state index contributed by atoms with van der Waals surface area (Å²) in [6.45, 7) is 0.366. The number of furan rings is 1. The van der Waals surface area contributed by atoms with Crippen LogP contribution in [0.2, 0.25) is 0 Å². The molecule has 18 heavy (non-hydrogen) atoms. The quantitative estimate of drug-likeness (QED) is 0.791. The van der Waals surface area contributed by atoms with Gasteiger partial charge in [0.1, 0.15) is 12.1 Å². The molecule has 94 valence electrons. The summed E-state index contributed by atoms with van der Waals surface area (Å²) in [5, 5.41) is 0. The van der Waals surface area contributed by atoms with Crippen molar-refractivity contribution in [2.45, 2.75) is 6.54 Å². The van der Waals surface area contributed by atoms with Crippen LogP contribution in [0.4, 0.5) is 0 Å². The van der Waals surface area contributed by atoms with Crippen molar-refractivity contribution in [3.05, 3.63) is 42.9 Å². The first kappa shape index (κ1) is 12.1. The van der Waals surface area contributed by atoms with Gasteiger partial charge >= 0.3 is 0 Å². The molecule has 6 nitrogen and oxygen atoms in total. The van der Waals surface area contributed by atoms with Crippen molar-refractivity contribution in [2.24, 2.45) is 0 Å². The SMILES string of the molecule is CN(Cc1ccco1)C(=O)COc1cncnc1. The zero-order valence-electron chi connectivity index (χ0n) is 9.94. The highest BCUT2D eigenvalue weighted by molar-refractivity contribution is 5.77. The van der Waals surface area contributed by atoms with E-state index in [9.17, 15) is 4.79 Å². The highest BCUT2D eigenvalue weighted by atomic mass is 16.5. The zero-order chi connectivity index (χ0) is 12.8. The Bertz CT molecular complexity index is 485. The molecule has 0 atom stereocenters. The van der Waals surface area contributed by atoms with E-state index in [0.29, 0.717) is 12.3 Å². The predicted molar refractivity (Wildman–Crippen MR) is 62.7 cm³/mol. The first-order chi connectivity index (χ1) is 8.75. The number of rotatable bonds is 5. The number of nitrogens with zero attached hydrogens (tertiary/aromatic N) is 3. The van der Waals surface area contributed by atoms with Gasteiger partial charge in [-0.2, -0.15) is 0 Å². The number of amides is 1. The fourth-order valence-electron chi connectivity index (χ4n) is 1.34. The summed E-state index contributed by atoms with van der Waals surface area (Å²) in [6, 6.07) is 3.60. The predicted octanol–water partition coefficient (Wildman–Crippen LogP) is 1.11. The van der Waals surface area contributed by atoms with E-state index in [2.05, 4.69) is 9.97 Å². The third-order valence-corrected chi connectivity index (χ3v) is 2.30. The van der Waals surface area contributed by atoms with Crippen LogP contribution >= 0.6 is 0 Å². The second-order valence-electron chi connectivity index (χ2n) is 3.69. The Labute approximate surface area is 104 Å². The standard InChI is InChI=1S/C12H13N3O3/c1-15(7-10-3-2-4-17-10)12(16)8-18-11-5-13-9-14-6-11/h2-6,9H,7-8H2,1H3. The van der Waals surface area contributed by atoms with Gasteiger partial charge in [0.2, 0.25) is 0 Å². The molecule has 2 rings (SSSR count). The van der Waals surface area contributed by atoms with E-state index in [1.165, 1.54) is 23.6 Å². The van der Waals surface area contributed by atoms with Gasteiger partial charge in [0, 0.05) is 7.05 Å². The van der Waals surface area contributed by atoms with Crippen LogP contribution in [-0.4, -0.2) is 34.4 Å². The van der Waals surface area contributed by atoms with E-state index in [1.807, 2.05) is 6.07 Å². The number of aromatic nitrogens is 2. The lowest BCUT2D eigenvalue weighted by atomic mass is 10.4. The molecule has 1 amide bonds. The van der Waals surface area contributed by atoms with Crippen LogP contribution in [0, 0.1) is 0 Å². The van der Waals surface area contributed by atoms with Gasteiger partial charge in [-0.25, -0.2) is 9.97 Å². The topological polar surface area (TPSA) is 68.5 Å². The largest absolute Gasteiger partial charge is 0.481 e. The van der Waals surface area contributed by atoms with E-state index in [4.69, 9.17) is 9.15 Å². The maximum absolute atomic E-state index is 11.8. The Hall–Kier alpha value is -2.37. The maximum atomic E-state index is 11.8. The third-order valence-electron chi connectivity index (χ3n) is 2.30. The molecule has 0 fully saturated rings. The molecule has 0 radical (unpaired) electrons. The molecule has 0 aliphatic heterocycles. The molecule has 2 heterocycles. The molecule has 0 aliphatic rings. The minimum Gasteiger partial charge on any atom is -0.481 e. The number of hydrogen-bond donors (Lipinski definition) is 0. The summed E-state index contributed by atoms with van der Waals surface area (Å²) in [7, 11) is 1.69. The molecule has 2 aromatic rings. The average molecular weight is 247 g/mol. The van der Waals surface area contributed by atoms with Crippen molar-refractivity contribution in [1.29, 1.82) is 0 Å². The summed E-state index contributed by atoms with van der Waals surface area (Å²) < 4.78 is 10.4. The van der Waals surface area contributed by atoms with Crippen LogP contribution in [0.25, 0.3) is 0 Å². The average Bonchev–Trinajstić information content (AvgIpc) is 2.90. The summed E-state index contributed by atoms with van der Waals surface area (Å²) in [5.41, 5.74) is 0.